The zero-order valence-corrected chi connectivity index (χ0v) is 25.7. The highest BCUT2D eigenvalue weighted by Crippen LogP contribution is 2.58. The van der Waals surface area contributed by atoms with Gasteiger partial charge in [-0.15, -0.1) is 0 Å². The van der Waals surface area contributed by atoms with Gasteiger partial charge in [-0.1, -0.05) is 44.2 Å². The van der Waals surface area contributed by atoms with Gasteiger partial charge < -0.3 is 29.0 Å². The number of carbonyl (C=O) groups excluding carboxylic acids is 1. The summed E-state index contributed by atoms with van der Waals surface area (Å²) in [6.07, 6.45) is 3.80. The fourth-order valence-corrected chi connectivity index (χ4v) is 6.23. The minimum Gasteiger partial charge on any atom is -0.399 e. The van der Waals surface area contributed by atoms with E-state index in [0.29, 0.717) is 6.54 Å². The van der Waals surface area contributed by atoms with Crippen LogP contribution in [0.5, 0.6) is 0 Å². The van der Waals surface area contributed by atoms with Crippen molar-refractivity contribution in [2.75, 3.05) is 13.7 Å². The molecule has 9 nitrogen and oxygen atoms in total. The van der Waals surface area contributed by atoms with Gasteiger partial charge in [-0.05, 0) is 80.6 Å². The SMILES string of the molecule is COC(O)N[C@H](C(=O)N1CC2(CC2)C[C@H]1c1ncc(-c2ccc3cc(B4OC(C)(C)C(C)(C)O4)ccc3c2)[nH]1)C(C)C. The van der Waals surface area contributed by atoms with Gasteiger partial charge >= 0.3 is 7.12 Å². The molecule has 1 aromatic heterocycles. The number of ether oxygens (including phenoxy) is 1. The number of aliphatic hydroxyl groups excluding tert-OH is 1. The molecule has 6 rings (SSSR count). The molecule has 2 saturated heterocycles. The van der Waals surface area contributed by atoms with Gasteiger partial charge in [-0.3, -0.25) is 10.1 Å². The number of aliphatic hydroxyl groups is 1. The predicted octanol–water partition coefficient (Wildman–Crippen LogP) is 4.12. The van der Waals surface area contributed by atoms with Crippen LogP contribution in [0.2, 0.25) is 0 Å². The van der Waals surface area contributed by atoms with Gasteiger partial charge in [0.15, 0.2) is 0 Å². The molecule has 1 aliphatic carbocycles. The second-order valence-corrected chi connectivity index (χ2v) is 13.8. The molecule has 3 atom stereocenters. The Morgan fingerprint density at radius 1 is 1.12 bits per heavy atom. The molecule has 1 unspecified atom stereocenters. The Morgan fingerprint density at radius 2 is 1.79 bits per heavy atom. The normalized spacial score (nSPS) is 23.7. The number of methoxy groups -OCH3 is 1. The molecule has 2 aromatic carbocycles. The Balaban J connectivity index is 1.23. The first-order chi connectivity index (χ1) is 19.8. The molecule has 2 aliphatic heterocycles. The van der Waals surface area contributed by atoms with Crippen molar-refractivity contribution in [1.29, 1.82) is 0 Å². The molecule has 3 heterocycles. The average molecular weight is 575 g/mol. The lowest BCUT2D eigenvalue weighted by atomic mass is 9.78. The van der Waals surface area contributed by atoms with Crippen LogP contribution in [0.4, 0.5) is 0 Å². The van der Waals surface area contributed by atoms with Crippen molar-refractivity contribution in [3.63, 3.8) is 0 Å². The van der Waals surface area contributed by atoms with Crippen LogP contribution >= 0.6 is 0 Å². The van der Waals surface area contributed by atoms with Crippen molar-refractivity contribution in [3.8, 4) is 11.3 Å². The second-order valence-electron chi connectivity index (χ2n) is 13.8. The lowest BCUT2D eigenvalue weighted by Crippen LogP contribution is -2.53. The minimum atomic E-state index is -1.20. The maximum atomic E-state index is 13.8. The van der Waals surface area contributed by atoms with Crippen LogP contribution in [0, 0.1) is 11.3 Å². The number of H-pyrrole nitrogens is 1. The fraction of sp³-hybridized carbons (Fsp3) is 0.562. The van der Waals surface area contributed by atoms with Gasteiger partial charge in [-0.25, -0.2) is 4.98 Å². The van der Waals surface area contributed by atoms with Crippen molar-refractivity contribution in [1.82, 2.24) is 20.2 Å². The molecule has 1 amide bonds. The third-order valence-corrected chi connectivity index (χ3v) is 9.84. The van der Waals surface area contributed by atoms with Gasteiger partial charge in [0.05, 0.1) is 35.2 Å². The summed E-state index contributed by atoms with van der Waals surface area (Å²) < 4.78 is 17.5. The molecule has 3 N–H and O–H groups in total. The molecule has 1 spiro atoms. The number of imidazole rings is 1. The topological polar surface area (TPSA) is 109 Å². The zero-order chi connectivity index (χ0) is 30.0. The lowest BCUT2D eigenvalue weighted by molar-refractivity contribution is -0.145. The number of aromatic amines is 1. The van der Waals surface area contributed by atoms with Crippen LogP contribution in [-0.2, 0) is 18.8 Å². The summed E-state index contributed by atoms with van der Waals surface area (Å²) in [6, 6.07) is 12.0. The maximum Gasteiger partial charge on any atom is 0.494 e. The monoisotopic (exact) mass is 574 g/mol. The van der Waals surface area contributed by atoms with E-state index in [1.807, 2.05) is 24.9 Å². The predicted molar refractivity (Wildman–Crippen MR) is 163 cm³/mol. The number of hydrogen-bond donors (Lipinski definition) is 3. The molecule has 42 heavy (non-hydrogen) atoms. The first-order valence-electron chi connectivity index (χ1n) is 15.0. The number of likely N-dealkylation sites (tertiary alicyclic amines) is 1. The molecule has 3 aromatic rings. The number of nitrogens with one attached hydrogen (secondary N) is 2. The van der Waals surface area contributed by atoms with E-state index in [2.05, 4.69) is 74.4 Å². The van der Waals surface area contributed by atoms with Crippen molar-refractivity contribution in [2.45, 2.75) is 90.5 Å². The zero-order valence-electron chi connectivity index (χ0n) is 25.7. The number of rotatable bonds is 8. The first kappa shape index (κ1) is 29.3. The maximum absolute atomic E-state index is 13.8. The Kier molecular flexibility index (Phi) is 7.30. The van der Waals surface area contributed by atoms with Gasteiger partial charge in [0.25, 0.3) is 0 Å². The van der Waals surface area contributed by atoms with E-state index in [1.165, 1.54) is 7.11 Å². The first-order valence-corrected chi connectivity index (χ1v) is 15.0. The molecule has 224 valence electrons. The second kappa shape index (κ2) is 10.5. The van der Waals surface area contributed by atoms with Crippen LogP contribution in [-0.4, -0.2) is 70.3 Å². The van der Waals surface area contributed by atoms with Crippen molar-refractivity contribution < 1.29 is 23.9 Å². The highest BCUT2D eigenvalue weighted by molar-refractivity contribution is 6.62. The smallest absolute Gasteiger partial charge is 0.399 e. The van der Waals surface area contributed by atoms with E-state index >= 15 is 0 Å². The van der Waals surface area contributed by atoms with E-state index in [-0.39, 0.29) is 34.5 Å². The molecule has 3 fully saturated rings. The summed E-state index contributed by atoms with van der Waals surface area (Å²) in [7, 11) is 1.01. The van der Waals surface area contributed by atoms with Crippen molar-refractivity contribution in [2.24, 2.45) is 11.3 Å². The van der Waals surface area contributed by atoms with Crippen LogP contribution in [0.15, 0.2) is 42.6 Å². The van der Waals surface area contributed by atoms with Gasteiger partial charge in [0.1, 0.15) is 5.82 Å². The minimum absolute atomic E-state index is 0.0197. The van der Waals surface area contributed by atoms with Crippen LogP contribution in [0.1, 0.15) is 72.7 Å². The number of benzene rings is 2. The average Bonchev–Trinajstić information content (AvgIpc) is 3.26. The third kappa shape index (κ3) is 5.28. The molecule has 10 heteroatoms. The lowest BCUT2D eigenvalue weighted by Gasteiger charge is -2.32. The van der Waals surface area contributed by atoms with E-state index in [9.17, 15) is 9.90 Å². The van der Waals surface area contributed by atoms with E-state index in [1.54, 1.807) is 0 Å². The fourth-order valence-electron chi connectivity index (χ4n) is 6.23. The number of amides is 1. The van der Waals surface area contributed by atoms with Crippen molar-refractivity contribution >= 4 is 29.3 Å². The summed E-state index contributed by atoms with van der Waals surface area (Å²) in [5, 5.41) is 15.2. The highest BCUT2D eigenvalue weighted by Gasteiger charge is 2.55. The number of carbonyl (C=O) groups is 1. The summed E-state index contributed by atoms with van der Waals surface area (Å²) in [5.74, 6) is 0.748. The Bertz CT molecular complexity index is 1470. The van der Waals surface area contributed by atoms with Crippen LogP contribution in [0.3, 0.4) is 0 Å². The number of aromatic nitrogens is 2. The number of nitrogens with zero attached hydrogens (tertiary/aromatic N) is 2. The van der Waals surface area contributed by atoms with E-state index in [4.69, 9.17) is 19.0 Å². The van der Waals surface area contributed by atoms with Gasteiger partial charge in [0, 0.05) is 19.2 Å². The number of hydrogen-bond acceptors (Lipinski definition) is 7. The Labute approximate surface area is 248 Å². The molecule has 0 bridgehead atoms. The Morgan fingerprint density at radius 3 is 2.43 bits per heavy atom. The van der Waals surface area contributed by atoms with Crippen molar-refractivity contribution in [3.05, 3.63) is 48.4 Å². The molecular weight excluding hydrogens is 531 g/mol. The molecule has 3 aliphatic rings. The summed E-state index contributed by atoms with van der Waals surface area (Å²) in [4.78, 5) is 24.1. The van der Waals surface area contributed by atoms with Crippen LogP contribution in [0.25, 0.3) is 22.0 Å². The summed E-state index contributed by atoms with van der Waals surface area (Å²) in [5.41, 5.74) is 2.36. The summed E-state index contributed by atoms with van der Waals surface area (Å²) in [6.45, 7) is 12.9. The standard InChI is InChI=1S/C32H43BN4O5/c1-19(2)26(36-29(39)40-7)28(38)37-18-32(12-13-32)16-25(37)27-34-17-24(35-27)22-9-8-21-15-23(11-10-20(21)14-22)33-41-30(3,4)31(5,6)42-33/h8-11,14-15,17,19,25-26,29,36,39H,12-13,16,18H2,1-7H3,(H,34,35)/t25-,26-,29?/m0/s1. The molecule has 1 saturated carbocycles. The molecule has 0 radical (unpaired) electrons. The Hall–Kier alpha value is -2.76. The number of fused-ring (bicyclic) bond motifs is 1. The van der Waals surface area contributed by atoms with Crippen LogP contribution < -0.4 is 10.8 Å². The largest absolute Gasteiger partial charge is 0.494 e. The van der Waals surface area contributed by atoms with E-state index in [0.717, 1.165) is 52.6 Å². The van der Waals surface area contributed by atoms with Gasteiger partial charge in [-0.2, -0.15) is 0 Å². The third-order valence-electron chi connectivity index (χ3n) is 9.84. The van der Waals surface area contributed by atoms with E-state index < -0.39 is 19.6 Å². The van der Waals surface area contributed by atoms with Gasteiger partial charge in [0.2, 0.25) is 12.3 Å². The summed E-state index contributed by atoms with van der Waals surface area (Å²) >= 11 is 0. The molecular formula is C32H43BN4O5. The quantitative estimate of drug-likeness (QED) is 0.274. The highest BCUT2D eigenvalue weighted by atomic mass is 16.7.